The van der Waals surface area contributed by atoms with Gasteiger partial charge in [-0.2, -0.15) is 0 Å². The third kappa shape index (κ3) is 4.87. The molecule has 4 nitrogen and oxygen atoms in total. The normalized spacial score (nSPS) is 15.4. The van der Waals surface area contributed by atoms with Crippen LogP contribution in [0.25, 0.3) is 0 Å². The molecule has 3 rings (SSSR count). The number of nitrogens with zero attached hydrogens (tertiary/aromatic N) is 2. The van der Waals surface area contributed by atoms with Crippen molar-refractivity contribution in [2.24, 2.45) is 4.99 Å². The van der Waals surface area contributed by atoms with Gasteiger partial charge in [0.2, 0.25) is 0 Å². The molecule has 1 fully saturated rings. The van der Waals surface area contributed by atoms with Crippen LogP contribution in [0.3, 0.4) is 0 Å². The Kier molecular flexibility index (Phi) is 6.18. The van der Waals surface area contributed by atoms with Gasteiger partial charge < -0.3 is 10.1 Å². The maximum atomic E-state index is 6.02. The number of benzene rings is 2. The molecule has 0 atom stereocenters. The predicted molar refractivity (Wildman–Crippen MR) is 112 cm³/mol. The second kappa shape index (κ2) is 8.56. The van der Waals surface area contributed by atoms with Gasteiger partial charge in [0.05, 0.1) is 12.3 Å². The number of thioether (sulfide) groups is 1. The van der Waals surface area contributed by atoms with E-state index in [0.29, 0.717) is 16.7 Å². The van der Waals surface area contributed by atoms with Crippen molar-refractivity contribution in [3.05, 3.63) is 53.6 Å². The quantitative estimate of drug-likeness (QED) is 0.727. The van der Waals surface area contributed by atoms with Gasteiger partial charge in [-0.25, -0.2) is 4.99 Å². The Morgan fingerprint density at radius 3 is 2.84 bits per heavy atom. The molecule has 0 amide bonds. The first-order chi connectivity index (χ1) is 12.2. The van der Waals surface area contributed by atoms with Gasteiger partial charge in [0.1, 0.15) is 5.75 Å². The maximum absolute atomic E-state index is 6.02. The lowest BCUT2D eigenvalue weighted by atomic mass is 10.3. The van der Waals surface area contributed by atoms with Crippen LogP contribution in [0.2, 0.25) is 5.02 Å². The second-order valence-corrected chi connectivity index (χ2v) is 7.15. The lowest BCUT2D eigenvalue weighted by Gasteiger charge is -2.20. The van der Waals surface area contributed by atoms with Gasteiger partial charge >= 0.3 is 0 Å². The van der Waals surface area contributed by atoms with Crippen LogP contribution >= 0.6 is 35.6 Å². The Labute approximate surface area is 162 Å². The Morgan fingerprint density at radius 2 is 2.12 bits per heavy atom. The summed E-state index contributed by atoms with van der Waals surface area (Å²) in [4.78, 5) is 6.73. The molecule has 130 valence electrons. The Bertz CT molecular complexity index is 780. The van der Waals surface area contributed by atoms with E-state index in [1.54, 1.807) is 11.8 Å². The van der Waals surface area contributed by atoms with Crippen molar-refractivity contribution in [3.63, 3.8) is 0 Å². The molecular weight excluding hydrogens is 374 g/mol. The van der Waals surface area contributed by atoms with Gasteiger partial charge in [-0.05, 0) is 61.6 Å². The van der Waals surface area contributed by atoms with Gasteiger partial charge in [-0.15, -0.1) is 0 Å². The van der Waals surface area contributed by atoms with Crippen LogP contribution in [0.15, 0.2) is 53.5 Å². The number of hydrogen-bond donors (Lipinski definition) is 1. The highest BCUT2D eigenvalue weighted by atomic mass is 35.5. The standard InChI is InChI=1S/C18H18ClN3OS2/c1-2-23-16-8-6-14(7-9-16)21-18-22(10-11-25-18)17(24)20-15-5-3-4-13(19)12-15/h3-9,12H,2,10-11H2,1H3,(H,20,24)/b21-18-. The third-order valence-corrected chi connectivity index (χ3v) is 4.98. The lowest BCUT2D eigenvalue weighted by Crippen LogP contribution is -2.35. The van der Waals surface area contributed by atoms with Gasteiger partial charge in [-0.3, -0.25) is 4.90 Å². The molecular formula is C18H18ClN3OS2. The topological polar surface area (TPSA) is 36.9 Å². The van der Waals surface area contributed by atoms with Crippen molar-refractivity contribution in [2.75, 3.05) is 24.2 Å². The number of anilines is 1. The summed E-state index contributed by atoms with van der Waals surface area (Å²) in [7, 11) is 0. The zero-order valence-electron chi connectivity index (χ0n) is 13.7. The highest BCUT2D eigenvalue weighted by Crippen LogP contribution is 2.25. The van der Waals surface area contributed by atoms with Gasteiger partial charge in [-0.1, -0.05) is 29.4 Å². The van der Waals surface area contributed by atoms with E-state index in [-0.39, 0.29) is 0 Å². The van der Waals surface area contributed by atoms with Crippen molar-refractivity contribution >= 4 is 57.2 Å². The fraction of sp³-hybridized carbons (Fsp3) is 0.222. The van der Waals surface area contributed by atoms with E-state index >= 15 is 0 Å². The van der Waals surface area contributed by atoms with E-state index in [9.17, 15) is 0 Å². The van der Waals surface area contributed by atoms with Gasteiger partial charge in [0, 0.05) is 23.0 Å². The zero-order valence-corrected chi connectivity index (χ0v) is 16.1. The van der Waals surface area contributed by atoms with Crippen LogP contribution in [0, 0.1) is 0 Å². The number of thiocarbonyl (C=S) groups is 1. The first-order valence-corrected chi connectivity index (χ1v) is 9.71. The van der Waals surface area contributed by atoms with Crippen LogP contribution in [0.1, 0.15) is 6.92 Å². The van der Waals surface area contributed by atoms with E-state index in [4.69, 9.17) is 33.5 Å². The van der Waals surface area contributed by atoms with E-state index in [1.165, 1.54) is 0 Å². The maximum Gasteiger partial charge on any atom is 0.179 e. The third-order valence-electron chi connectivity index (χ3n) is 3.47. The van der Waals surface area contributed by atoms with Crippen molar-refractivity contribution in [3.8, 4) is 5.75 Å². The second-order valence-electron chi connectivity index (χ2n) is 5.26. The monoisotopic (exact) mass is 391 g/mol. The van der Waals surface area contributed by atoms with Gasteiger partial charge in [0.25, 0.3) is 0 Å². The molecule has 7 heteroatoms. The summed E-state index contributed by atoms with van der Waals surface area (Å²) in [5.74, 6) is 1.80. The molecule has 0 unspecified atom stereocenters. The summed E-state index contributed by atoms with van der Waals surface area (Å²) in [5.41, 5.74) is 1.75. The predicted octanol–water partition coefficient (Wildman–Crippen LogP) is 5.17. The smallest absolute Gasteiger partial charge is 0.179 e. The molecule has 2 aromatic carbocycles. The number of hydrogen-bond acceptors (Lipinski definition) is 4. The van der Waals surface area contributed by atoms with Crippen LogP contribution < -0.4 is 10.1 Å². The molecule has 25 heavy (non-hydrogen) atoms. The average molecular weight is 392 g/mol. The van der Waals surface area contributed by atoms with E-state index in [0.717, 1.165) is 34.6 Å². The van der Waals surface area contributed by atoms with Crippen LogP contribution in [0.4, 0.5) is 11.4 Å². The highest BCUT2D eigenvalue weighted by molar-refractivity contribution is 8.14. The Hall–Kier alpha value is -1.76. The number of ether oxygens (including phenoxy) is 1. The van der Waals surface area contributed by atoms with Crippen LogP contribution in [0.5, 0.6) is 5.75 Å². The number of nitrogens with one attached hydrogen (secondary N) is 1. The van der Waals surface area contributed by atoms with E-state index in [1.807, 2.05) is 60.4 Å². The molecule has 1 heterocycles. The molecule has 0 aromatic heterocycles. The fourth-order valence-electron chi connectivity index (χ4n) is 2.33. The number of aliphatic imine (C=N–C) groups is 1. The Morgan fingerprint density at radius 1 is 1.32 bits per heavy atom. The van der Waals surface area contributed by atoms with Crippen molar-refractivity contribution in [2.45, 2.75) is 6.92 Å². The molecule has 0 aliphatic carbocycles. The number of halogens is 1. The molecule has 0 radical (unpaired) electrons. The Balaban J connectivity index is 1.71. The fourth-order valence-corrected chi connectivity index (χ4v) is 3.84. The number of rotatable bonds is 4. The molecule has 1 saturated heterocycles. The molecule has 2 aromatic rings. The summed E-state index contributed by atoms with van der Waals surface area (Å²) in [6, 6.07) is 15.3. The lowest BCUT2D eigenvalue weighted by molar-refractivity contribution is 0.340. The minimum atomic E-state index is 0.622. The molecule has 0 bridgehead atoms. The first kappa shape index (κ1) is 18.0. The van der Waals surface area contributed by atoms with Crippen molar-refractivity contribution in [1.29, 1.82) is 0 Å². The minimum absolute atomic E-state index is 0.622. The SMILES string of the molecule is CCOc1ccc(/N=C2\SCCN2C(=S)Nc2cccc(Cl)c2)cc1. The molecule has 1 N–H and O–H groups in total. The van der Waals surface area contributed by atoms with Crippen molar-refractivity contribution < 1.29 is 4.74 Å². The van der Waals surface area contributed by atoms with Crippen LogP contribution in [-0.2, 0) is 0 Å². The van der Waals surface area contributed by atoms with Crippen molar-refractivity contribution in [1.82, 2.24) is 4.90 Å². The summed E-state index contributed by atoms with van der Waals surface area (Å²) < 4.78 is 5.46. The molecule has 0 saturated carbocycles. The summed E-state index contributed by atoms with van der Waals surface area (Å²) in [5, 5.41) is 5.41. The summed E-state index contributed by atoms with van der Waals surface area (Å²) >= 11 is 13.3. The zero-order chi connectivity index (χ0) is 17.6. The average Bonchev–Trinajstić information content (AvgIpc) is 3.05. The number of amidine groups is 1. The molecule has 0 spiro atoms. The van der Waals surface area contributed by atoms with Crippen LogP contribution in [-0.4, -0.2) is 34.1 Å². The summed E-state index contributed by atoms with van der Waals surface area (Å²) in [6.45, 7) is 3.45. The highest BCUT2D eigenvalue weighted by Gasteiger charge is 2.23. The van der Waals surface area contributed by atoms with E-state index < -0.39 is 0 Å². The largest absolute Gasteiger partial charge is 0.494 e. The van der Waals surface area contributed by atoms with Gasteiger partial charge in [0.15, 0.2) is 10.3 Å². The van der Waals surface area contributed by atoms with E-state index in [2.05, 4.69) is 5.32 Å². The molecule has 1 aliphatic rings. The first-order valence-electron chi connectivity index (χ1n) is 7.94. The summed E-state index contributed by atoms with van der Waals surface area (Å²) in [6.07, 6.45) is 0. The minimum Gasteiger partial charge on any atom is -0.494 e. The molecule has 1 aliphatic heterocycles.